The third-order valence-electron chi connectivity index (χ3n) is 3.99. The molecule has 25 heavy (non-hydrogen) atoms. The average molecular weight is 354 g/mol. The second kappa shape index (κ2) is 6.33. The number of thiocarbonyl (C=S) groups is 1. The Morgan fingerprint density at radius 3 is 2.44 bits per heavy atom. The average Bonchev–Trinajstić information content (AvgIpc) is 2.83. The van der Waals surface area contributed by atoms with Crippen LogP contribution < -0.4 is 0 Å². The number of hydrogen-bond acceptors (Lipinski definition) is 3. The van der Waals surface area contributed by atoms with Crippen LogP contribution in [0.15, 0.2) is 33.8 Å². The van der Waals surface area contributed by atoms with Gasteiger partial charge in [-0.25, -0.2) is 19.8 Å². The Labute approximate surface area is 150 Å². The molecule has 7 heteroatoms. The minimum absolute atomic E-state index is 0.176. The quantitative estimate of drug-likeness (QED) is 0.847. The van der Waals surface area contributed by atoms with Crippen molar-refractivity contribution in [1.29, 1.82) is 0 Å². The number of para-hydroxylation sites is 1. The van der Waals surface area contributed by atoms with Crippen LogP contribution in [-0.2, 0) is 0 Å². The largest absolute Gasteiger partial charge is 0.478 e. The summed E-state index contributed by atoms with van der Waals surface area (Å²) in [6.45, 7) is 7.74. The van der Waals surface area contributed by atoms with Crippen molar-refractivity contribution in [2.75, 3.05) is 0 Å². The fourth-order valence-corrected chi connectivity index (χ4v) is 3.35. The van der Waals surface area contributed by atoms with Crippen LogP contribution in [0.2, 0.25) is 0 Å². The molecule has 3 rings (SSSR count). The molecule has 0 fully saturated rings. The molecule has 0 bridgehead atoms. The Morgan fingerprint density at radius 1 is 1.24 bits per heavy atom. The highest BCUT2D eigenvalue weighted by Crippen LogP contribution is 2.28. The van der Waals surface area contributed by atoms with Gasteiger partial charge in [0, 0.05) is 11.4 Å². The van der Waals surface area contributed by atoms with E-state index in [1.54, 1.807) is 12.1 Å². The topological polar surface area (TPSA) is 79.8 Å². The summed E-state index contributed by atoms with van der Waals surface area (Å²) in [5.74, 6) is -0.329. The summed E-state index contributed by atoms with van der Waals surface area (Å²) >= 11 is 5.11. The number of carboxylic acids is 1. The number of carboxylic acid groups (broad SMARTS) is 1. The van der Waals surface area contributed by atoms with Crippen LogP contribution in [-0.4, -0.2) is 37.2 Å². The number of fused-ring (bicyclic) bond motifs is 1. The van der Waals surface area contributed by atoms with Gasteiger partial charge in [-0.05, 0) is 58.1 Å². The first-order chi connectivity index (χ1) is 11.8. The lowest BCUT2D eigenvalue weighted by Gasteiger charge is -2.24. The molecule has 1 aromatic carbocycles. The third-order valence-corrected chi connectivity index (χ3v) is 4.17. The van der Waals surface area contributed by atoms with Gasteiger partial charge in [0.1, 0.15) is 17.4 Å². The van der Waals surface area contributed by atoms with E-state index in [1.165, 1.54) is 0 Å². The lowest BCUT2D eigenvalue weighted by atomic mass is 10.1. The number of allylic oxidation sites excluding steroid dienone is 1. The van der Waals surface area contributed by atoms with Gasteiger partial charge in [0.05, 0.1) is 11.1 Å². The molecule has 0 spiro atoms. The van der Waals surface area contributed by atoms with E-state index < -0.39 is 5.97 Å². The molecule has 0 aliphatic carbocycles. The van der Waals surface area contributed by atoms with Crippen LogP contribution >= 0.6 is 12.2 Å². The predicted octanol–water partition coefficient (Wildman–Crippen LogP) is 3.92. The molecule has 1 aromatic heterocycles. The minimum Gasteiger partial charge on any atom is -0.478 e. The fraction of sp³-hybridized carbons (Fsp3) is 0.278. The normalized spacial score (nSPS) is 15.1. The molecular formula is C18H18N4O2S. The number of rotatable bonds is 3. The molecule has 128 valence electrons. The number of benzene rings is 1. The van der Waals surface area contributed by atoms with Crippen molar-refractivity contribution in [3.05, 3.63) is 35.2 Å². The second-order valence-electron chi connectivity index (χ2n) is 6.23. The highest BCUT2D eigenvalue weighted by molar-refractivity contribution is 7.80. The molecule has 1 N–H and O–H groups in total. The van der Waals surface area contributed by atoms with Crippen molar-refractivity contribution in [3.8, 4) is 0 Å². The third kappa shape index (κ3) is 3.02. The van der Waals surface area contributed by atoms with Crippen LogP contribution in [0.4, 0.5) is 0 Å². The van der Waals surface area contributed by atoms with Gasteiger partial charge in [-0.15, -0.1) is 0 Å². The first-order valence-electron chi connectivity index (χ1n) is 7.83. The maximum absolute atomic E-state index is 11.6. The maximum atomic E-state index is 11.6. The lowest BCUT2D eigenvalue weighted by molar-refractivity contribution is 0.0699. The zero-order valence-corrected chi connectivity index (χ0v) is 15.3. The zero-order valence-electron chi connectivity index (χ0n) is 14.4. The highest BCUT2D eigenvalue weighted by atomic mass is 32.1. The van der Waals surface area contributed by atoms with Gasteiger partial charge in [-0.3, -0.25) is 0 Å². The number of aromatic carboxylic acids is 1. The van der Waals surface area contributed by atoms with Crippen LogP contribution in [0.1, 0.15) is 49.9 Å². The molecule has 1 aliphatic heterocycles. The molecule has 0 radical (unpaired) electrons. The number of aliphatic imine (C=N–C) groups is 2. The number of aromatic nitrogens is 2. The molecular weight excluding hydrogens is 336 g/mol. The van der Waals surface area contributed by atoms with Crippen molar-refractivity contribution >= 4 is 51.8 Å². The Morgan fingerprint density at radius 2 is 1.88 bits per heavy atom. The summed E-state index contributed by atoms with van der Waals surface area (Å²) in [7, 11) is 0. The van der Waals surface area contributed by atoms with E-state index in [9.17, 15) is 9.90 Å². The lowest BCUT2D eigenvalue weighted by Crippen LogP contribution is -2.29. The van der Waals surface area contributed by atoms with Crippen molar-refractivity contribution in [3.63, 3.8) is 0 Å². The Hall–Kier alpha value is -2.67. The Balaban J connectivity index is 2.37. The second-order valence-corrected chi connectivity index (χ2v) is 6.60. The minimum atomic E-state index is -1.00. The monoisotopic (exact) mass is 354 g/mol. The smallest absolute Gasteiger partial charge is 0.337 e. The molecule has 0 atom stereocenters. The SMILES string of the molecule is CC(C)=Cc1nc2c(C(=O)O)cccc2n1C1C(C)=NC(=S)N=C1C. The summed E-state index contributed by atoms with van der Waals surface area (Å²) in [5.41, 5.74) is 4.03. The molecule has 0 saturated heterocycles. The van der Waals surface area contributed by atoms with E-state index in [4.69, 9.17) is 12.2 Å². The highest BCUT2D eigenvalue weighted by Gasteiger charge is 2.27. The zero-order chi connectivity index (χ0) is 18.3. The summed E-state index contributed by atoms with van der Waals surface area (Å²) in [5, 5.41) is 9.80. The van der Waals surface area contributed by atoms with Crippen molar-refractivity contribution in [2.24, 2.45) is 9.98 Å². The fourth-order valence-electron chi connectivity index (χ4n) is 3.06. The van der Waals surface area contributed by atoms with Crippen LogP contribution in [0, 0.1) is 0 Å². The van der Waals surface area contributed by atoms with Gasteiger partial charge >= 0.3 is 5.97 Å². The van der Waals surface area contributed by atoms with E-state index in [0.717, 1.165) is 22.5 Å². The van der Waals surface area contributed by atoms with E-state index in [-0.39, 0.29) is 11.6 Å². The summed E-state index contributed by atoms with van der Waals surface area (Å²) in [6, 6.07) is 4.91. The number of nitrogens with zero attached hydrogens (tertiary/aromatic N) is 4. The maximum Gasteiger partial charge on any atom is 0.337 e. The molecule has 0 unspecified atom stereocenters. The Kier molecular flexibility index (Phi) is 4.34. The molecule has 2 heterocycles. The van der Waals surface area contributed by atoms with Crippen molar-refractivity contribution in [2.45, 2.75) is 33.7 Å². The van der Waals surface area contributed by atoms with Gasteiger partial charge in [0.15, 0.2) is 0 Å². The molecule has 6 nitrogen and oxygen atoms in total. The van der Waals surface area contributed by atoms with Gasteiger partial charge in [-0.2, -0.15) is 0 Å². The van der Waals surface area contributed by atoms with E-state index in [0.29, 0.717) is 16.5 Å². The van der Waals surface area contributed by atoms with Gasteiger partial charge in [0.25, 0.3) is 0 Å². The summed E-state index contributed by atoms with van der Waals surface area (Å²) in [4.78, 5) is 24.8. The van der Waals surface area contributed by atoms with Gasteiger partial charge < -0.3 is 9.67 Å². The molecule has 0 saturated carbocycles. The molecule has 1 aliphatic rings. The van der Waals surface area contributed by atoms with E-state index in [2.05, 4.69) is 15.0 Å². The first-order valence-corrected chi connectivity index (χ1v) is 8.24. The predicted molar refractivity (Wildman–Crippen MR) is 104 cm³/mol. The van der Waals surface area contributed by atoms with Crippen molar-refractivity contribution in [1.82, 2.24) is 9.55 Å². The standard InChI is InChI=1S/C18H18N4O2S/c1-9(2)8-14-21-15-12(17(23)24)6-5-7-13(15)22(14)16-10(3)19-18(25)20-11(16)4/h5-8,16H,1-4H3,(H,23,24). The number of carbonyl (C=O) groups is 1. The molecule has 2 aromatic rings. The Bertz CT molecular complexity index is 972. The van der Waals surface area contributed by atoms with Crippen LogP contribution in [0.25, 0.3) is 17.1 Å². The summed E-state index contributed by atoms with van der Waals surface area (Å²) < 4.78 is 1.98. The van der Waals surface area contributed by atoms with Gasteiger partial charge in [-0.1, -0.05) is 11.6 Å². The molecule has 0 amide bonds. The van der Waals surface area contributed by atoms with Crippen molar-refractivity contribution < 1.29 is 9.90 Å². The van der Waals surface area contributed by atoms with Crippen LogP contribution in [0.3, 0.4) is 0 Å². The van der Waals surface area contributed by atoms with E-state index in [1.807, 2.05) is 44.4 Å². The summed E-state index contributed by atoms with van der Waals surface area (Å²) in [6.07, 6.45) is 1.93. The first kappa shape index (κ1) is 17.2. The number of hydrogen-bond donors (Lipinski definition) is 1. The van der Waals surface area contributed by atoms with Crippen LogP contribution in [0.5, 0.6) is 0 Å². The number of imidazole rings is 1. The van der Waals surface area contributed by atoms with E-state index >= 15 is 0 Å². The van der Waals surface area contributed by atoms with Gasteiger partial charge in [0.2, 0.25) is 5.11 Å².